The largest absolute Gasteiger partial charge is 0.496 e. The molecule has 0 aromatic heterocycles. The van der Waals surface area contributed by atoms with Crippen LogP contribution in [0.5, 0.6) is 5.75 Å². The first-order valence-corrected chi connectivity index (χ1v) is 5.92. The molecule has 0 saturated heterocycles. The van der Waals surface area contributed by atoms with E-state index in [9.17, 15) is 0 Å². The number of rotatable bonds is 3. The molecule has 2 aromatic carbocycles. The third-order valence-corrected chi connectivity index (χ3v) is 3.16. The van der Waals surface area contributed by atoms with Gasteiger partial charge < -0.3 is 4.74 Å². The van der Waals surface area contributed by atoms with Gasteiger partial charge in [-0.2, -0.15) is 0 Å². The summed E-state index contributed by atoms with van der Waals surface area (Å²) in [4.78, 5) is 0. The van der Waals surface area contributed by atoms with Gasteiger partial charge in [-0.1, -0.05) is 49.4 Å². The van der Waals surface area contributed by atoms with Crippen molar-refractivity contribution >= 4 is 0 Å². The summed E-state index contributed by atoms with van der Waals surface area (Å²) in [6.45, 7) is 4.29. The third kappa shape index (κ3) is 2.50. The lowest BCUT2D eigenvalue weighted by Crippen LogP contribution is -1.99. The van der Waals surface area contributed by atoms with Gasteiger partial charge in [-0.25, -0.2) is 0 Å². The van der Waals surface area contributed by atoms with Gasteiger partial charge >= 0.3 is 0 Å². The van der Waals surface area contributed by atoms with E-state index in [0.29, 0.717) is 5.92 Å². The second-order valence-electron chi connectivity index (χ2n) is 4.38. The van der Waals surface area contributed by atoms with Gasteiger partial charge in [0.15, 0.2) is 0 Å². The molecule has 2 rings (SSSR count). The zero-order chi connectivity index (χ0) is 12.3. The molecule has 0 aliphatic carbocycles. The highest BCUT2D eigenvalue weighted by molar-refractivity contribution is 5.43. The van der Waals surface area contributed by atoms with Crippen molar-refractivity contribution in [2.24, 2.45) is 0 Å². The molecule has 0 N–H and O–H groups in total. The molecule has 1 atom stereocenters. The summed E-state index contributed by atoms with van der Waals surface area (Å²) in [6, 6.07) is 16.9. The predicted octanol–water partition coefficient (Wildman–Crippen LogP) is 4.16. The van der Waals surface area contributed by atoms with Crippen LogP contribution < -0.4 is 4.74 Å². The van der Waals surface area contributed by atoms with Crippen molar-refractivity contribution in [3.63, 3.8) is 0 Å². The Hall–Kier alpha value is -1.76. The van der Waals surface area contributed by atoms with E-state index in [1.165, 1.54) is 16.7 Å². The van der Waals surface area contributed by atoms with Gasteiger partial charge in [-0.05, 0) is 24.1 Å². The number of ether oxygens (including phenoxy) is 1. The van der Waals surface area contributed by atoms with Gasteiger partial charge in [0, 0.05) is 11.5 Å². The molecule has 0 saturated carbocycles. The van der Waals surface area contributed by atoms with Crippen LogP contribution in [-0.4, -0.2) is 7.11 Å². The Kier molecular flexibility index (Phi) is 3.48. The zero-order valence-corrected chi connectivity index (χ0v) is 10.6. The Morgan fingerprint density at radius 1 is 1.00 bits per heavy atom. The van der Waals surface area contributed by atoms with Crippen molar-refractivity contribution in [1.29, 1.82) is 0 Å². The third-order valence-electron chi connectivity index (χ3n) is 3.16. The fourth-order valence-corrected chi connectivity index (χ4v) is 2.10. The van der Waals surface area contributed by atoms with E-state index in [1.54, 1.807) is 7.11 Å². The first-order chi connectivity index (χ1) is 8.22. The molecule has 2 aromatic rings. The first kappa shape index (κ1) is 11.7. The fourth-order valence-electron chi connectivity index (χ4n) is 2.10. The van der Waals surface area contributed by atoms with Crippen LogP contribution in [0.3, 0.4) is 0 Å². The molecule has 1 unspecified atom stereocenters. The van der Waals surface area contributed by atoms with Crippen LogP contribution in [0.25, 0.3) is 0 Å². The molecule has 0 spiro atoms. The van der Waals surface area contributed by atoms with E-state index in [0.717, 1.165) is 5.75 Å². The summed E-state index contributed by atoms with van der Waals surface area (Å²) >= 11 is 0. The second kappa shape index (κ2) is 5.05. The van der Waals surface area contributed by atoms with E-state index in [1.807, 2.05) is 6.07 Å². The van der Waals surface area contributed by atoms with E-state index in [-0.39, 0.29) is 0 Å². The average molecular weight is 226 g/mol. The Bertz CT molecular complexity index is 488. The minimum atomic E-state index is 0.353. The standard InChI is InChI=1S/C16H18O/c1-12-9-10-15(16(11-12)17-3)13(2)14-7-5-4-6-8-14/h4-11,13H,1-3H3. The topological polar surface area (TPSA) is 9.23 Å². The maximum absolute atomic E-state index is 5.47. The van der Waals surface area contributed by atoms with Gasteiger partial charge in [-0.15, -0.1) is 0 Å². The number of hydrogen-bond donors (Lipinski definition) is 0. The highest BCUT2D eigenvalue weighted by atomic mass is 16.5. The monoisotopic (exact) mass is 226 g/mol. The summed E-state index contributed by atoms with van der Waals surface area (Å²) < 4.78 is 5.47. The van der Waals surface area contributed by atoms with Crippen molar-refractivity contribution in [2.45, 2.75) is 19.8 Å². The van der Waals surface area contributed by atoms with Crippen molar-refractivity contribution in [3.8, 4) is 5.75 Å². The van der Waals surface area contributed by atoms with Gasteiger partial charge in [0.1, 0.15) is 5.75 Å². The molecule has 0 aliphatic rings. The molecular weight excluding hydrogens is 208 g/mol. The molecule has 0 heterocycles. The molecule has 0 amide bonds. The van der Waals surface area contributed by atoms with Gasteiger partial charge in [0.25, 0.3) is 0 Å². The normalized spacial score (nSPS) is 12.2. The van der Waals surface area contributed by atoms with Crippen LogP contribution in [0.2, 0.25) is 0 Å². The molecule has 1 heteroatoms. The lowest BCUT2D eigenvalue weighted by molar-refractivity contribution is 0.408. The summed E-state index contributed by atoms with van der Waals surface area (Å²) in [5.74, 6) is 1.33. The highest BCUT2D eigenvalue weighted by Crippen LogP contribution is 2.31. The molecular formula is C16H18O. The zero-order valence-electron chi connectivity index (χ0n) is 10.6. The van der Waals surface area contributed by atoms with Crippen LogP contribution in [0, 0.1) is 6.92 Å². The van der Waals surface area contributed by atoms with Crippen LogP contribution in [-0.2, 0) is 0 Å². The lowest BCUT2D eigenvalue weighted by atomic mass is 9.92. The highest BCUT2D eigenvalue weighted by Gasteiger charge is 2.12. The smallest absolute Gasteiger partial charge is 0.122 e. The fraction of sp³-hybridized carbons (Fsp3) is 0.250. The molecule has 0 bridgehead atoms. The van der Waals surface area contributed by atoms with Crippen molar-refractivity contribution in [1.82, 2.24) is 0 Å². The van der Waals surface area contributed by atoms with E-state index >= 15 is 0 Å². The Morgan fingerprint density at radius 3 is 2.35 bits per heavy atom. The number of benzene rings is 2. The van der Waals surface area contributed by atoms with Crippen LogP contribution in [0.4, 0.5) is 0 Å². The maximum atomic E-state index is 5.47. The summed E-state index contributed by atoms with van der Waals surface area (Å²) in [7, 11) is 1.73. The lowest BCUT2D eigenvalue weighted by Gasteiger charge is -2.16. The van der Waals surface area contributed by atoms with Crippen LogP contribution >= 0.6 is 0 Å². The van der Waals surface area contributed by atoms with Crippen LogP contribution in [0.1, 0.15) is 29.5 Å². The van der Waals surface area contributed by atoms with Crippen molar-refractivity contribution in [3.05, 3.63) is 65.2 Å². The Labute approximate surface area is 103 Å². The molecule has 17 heavy (non-hydrogen) atoms. The van der Waals surface area contributed by atoms with Gasteiger partial charge in [0.2, 0.25) is 0 Å². The molecule has 88 valence electrons. The van der Waals surface area contributed by atoms with E-state index < -0.39 is 0 Å². The van der Waals surface area contributed by atoms with Crippen LogP contribution in [0.15, 0.2) is 48.5 Å². The molecule has 0 fully saturated rings. The Balaban J connectivity index is 2.40. The average Bonchev–Trinajstić information content (AvgIpc) is 2.39. The predicted molar refractivity (Wildman–Crippen MR) is 71.7 cm³/mol. The number of hydrogen-bond acceptors (Lipinski definition) is 1. The quantitative estimate of drug-likeness (QED) is 0.763. The first-order valence-electron chi connectivity index (χ1n) is 5.92. The summed E-state index contributed by atoms with van der Waals surface area (Å²) in [5, 5.41) is 0. The summed E-state index contributed by atoms with van der Waals surface area (Å²) in [5.41, 5.74) is 3.78. The Morgan fingerprint density at radius 2 is 1.71 bits per heavy atom. The number of aryl methyl sites for hydroxylation is 1. The SMILES string of the molecule is COc1cc(C)ccc1C(C)c1ccccc1. The van der Waals surface area contributed by atoms with Gasteiger partial charge in [0.05, 0.1) is 7.11 Å². The maximum Gasteiger partial charge on any atom is 0.122 e. The number of methoxy groups -OCH3 is 1. The van der Waals surface area contributed by atoms with E-state index in [4.69, 9.17) is 4.74 Å². The van der Waals surface area contributed by atoms with Gasteiger partial charge in [-0.3, -0.25) is 0 Å². The van der Waals surface area contributed by atoms with E-state index in [2.05, 4.69) is 56.3 Å². The minimum Gasteiger partial charge on any atom is -0.496 e. The van der Waals surface area contributed by atoms with Crippen molar-refractivity contribution in [2.75, 3.05) is 7.11 Å². The van der Waals surface area contributed by atoms with Crippen molar-refractivity contribution < 1.29 is 4.74 Å². The molecule has 0 aliphatic heterocycles. The second-order valence-corrected chi connectivity index (χ2v) is 4.38. The molecule has 0 radical (unpaired) electrons. The summed E-state index contributed by atoms with van der Waals surface area (Å²) in [6.07, 6.45) is 0. The molecule has 1 nitrogen and oxygen atoms in total. The minimum absolute atomic E-state index is 0.353.